The Labute approximate surface area is 148 Å². The van der Waals surface area contributed by atoms with Crippen molar-refractivity contribution in [2.24, 2.45) is 0 Å². The molecule has 1 saturated carbocycles. The van der Waals surface area contributed by atoms with Gasteiger partial charge >= 0.3 is 0 Å². The molecule has 1 unspecified atom stereocenters. The zero-order valence-electron chi connectivity index (χ0n) is 15.2. The maximum absolute atomic E-state index is 12.9. The number of benzene rings is 1. The molecule has 1 aromatic heterocycles. The summed E-state index contributed by atoms with van der Waals surface area (Å²) in [5.74, 6) is -0.687. The van der Waals surface area contributed by atoms with Gasteiger partial charge in [0.2, 0.25) is 0 Å². The van der Waals surface area contributed by atoms with Crippen LogP contribution >= 0.6 is 0 Å². The highest BCUT2D eigenvalue weighted by atomic mass is 16.2. The first-order chi connectivity index (χ1) is 11.9. The number of carbonyl (C=O) groups excluding carboxylic acids is 2. The predicted molar refractivity (Wildman–Crippen MR) is 98.8 cm³/mol. The van der Waals surface area contributed by atoms with Crippen LogP contribution in [0, 0.1) is 27.7 Å². The van der Waals surface area contributed by atoms with Gasteiger partial charge in [0.05, 0.1) is 0 Å². The van der Waals surface area contributed by atoms with Crippen LogP contribution in [0.1, 0.15) is 46.0 Å². The Kier molecular flexibility index (Phi) is 4.67. The van der Waals surface area contributed by atoms with Gasteiger partial charge in [-0.3, -0.25) is 14.6 Å². The van der Waals surface area contributed by atoms with Crippen molar-refractivity contribution in [1.29, 1.82) is 0 Å². The topological polar surface area (TPSA) is 47.0 Å². The van der Waals surface area contributed by atoms with E-state index in [2.05, 4.69) is 4.98 Å². The van der Waals surface area contributed by atoms with Crippen LogP contribution in [-0.4, -0.2) is 16.6 Å². The number of allylic oxidation sites excluding steroid dienone is 2. The van der Waals surface area contributed by atoms with Gasteiger partial charge in [-0.05, 0) is 56.5 Å². The quantitative estimate of drug-likeness (QED) is 0.627. The van der Waals surface area contributed by atoms with Crippen LogP contribution in [0.25, 0.3) is 0 Å². The molecule has 1 aliphatic rings. The number of aromatic nitrogens is 1. The first-order valence-corrected chi connectivity index (χ1v) is 8.63. The summed E-state index contributed by atoms with van der Waals surface area (Å²) in [5.41, 5.74) is 6.57. The highest BCUT2D eigenvalue weighted by Crippen LogP contribution is 2.36. The van der Waals surface area contributed by atoms with Gasteiger partial charge in [0.25, 0.3) is 0 Å². The standard InChI is InChI=1S/C22H23NO2/c1-13-10-14(2)20(15(3)11-13)21-19(24)12-17(22(21)25)8-9-18-7-5-6-16(4)23-18/h5-8,10-11,21H,9,12H2,1-4H3/b17-8+. The SMILES string of the molecule is Cc1cc(C)c(C2C(=O)C/C(=C\Cc3cccc(C)n3)C2=O)c(C)c1. The number of ketones is 2. The van der Waals surface area contributed by atoms with E-state index < -0.39 is 5.92 Å². The van der Waals surface area contributed by atoms with Gasteiger partial charge in [-0.15, -0.1) is 0 Å². The molecule has 3 nitrogen and oxygen atoms in total. The molecule has 0 radical (unpaired) electrons. The number of carbonyl (C=O) groups is 2. The Hall–Kier alpha value is -2.55. The molecule has 1 atom stereocenters. The molecule has 128 valence electrons. The molecule has 0 aliphatic heterocycles. The summed E-state index contributed by atoms with van der Waals surface area (Å²) >= 11 is 0. The molecule has 1 fully saturated rings. The average Bonchev–Trinajstić information content (AvgIpc) is 2.80. The molecule has 3 rings (SSSR count). The van der Waals surface area contributed by atoms with Crippen molar-refractivity contribution >= 4 is 11.6 Å². The van der Waals surface area contributed by atoms with Crippen molar-refractivity contribution < 1.29 is 9.59 Å². The van der Waals surface area contributed by atoms with Crippen LogP contribution in [0.5, 0.6) is 0 Å². The Bertz CT molecular complexity index is 870. The van der Waals surface area contributed by atoms with Gasteiger partial charge in [0, 0.05) is 29.8 Å². The lowest BCUT2D eigenvalue weighted by Gasteiger charge is -2.15. The van der Waals surface area contributed by atoms with E-state index in [4.69, 9.17) is 0 Å². The highest BCUT2D eigenvalue weighted by Gasteiger charge is 2.39. The van der Waals surface area contributed by atoms with E-state index in [0.717, 1.165) is 33.6 Å². The second-order valence-corrected chi connectivity index (χ2v) is 6.96. The number of rotatable bonds is 3. The van der Waals surface area contributed by atoms with Crippen molar-refractivity contribution in [2.75, 3.05) is 0 Å². The van der Waals surface area contributed by atoms with Crippen molar-refractivity contribution in [3.8, 4) is 0 Å². The highest BCUT2D eigenvalue weighted by molar-refractivity contribution is 6.23. The number of aryl methyl sites for hydroxylation is 4. The third kappa shape index (κ3) is 3.46. The Balaban J connectivity index is 1.89. The lowest BCUT2D eigenvalue weighted by Crippen LogP contribution is -2.15. The third-order valence-electron chi connectivity index (χ3n) is 4.80. The molecule has 1 aromatic carbocycles. The fraction of sp³-hybridized carbons (Fsp3) is 0.318. The van der Waals surface area contributed by atoms with E-state index >= 15 is 0 Å². The summed E-state index contributed by atoms with van der Waals surface area (Å²) in [4.78, 5) is 29.9. The lowest BCUT2D eigenvalue weighted by molar-refractivity contribution is -0.123. The van der Waals surface area contributed by atoms with E-state index in [-0.39, 0.29) is 18.0 Å². The van der Waals surface area contributed by atoms with Crippen LogP contribution < -0.4 is 0 Å². The van der Waals surface area contributed by atoms with Crippen molar-refractivity contribution in [3.05, 3.63) is 75.6 Å². The van der Waals surface area contributed by atoms with Gasteiger partial charge in [0.1, 0.15) is 5.92 Å². The largest absolute Gasteiger partial charge is 0.298 e. The van der Waals surface area contributed by atoms with E-state index in [0.29, 0.717) is 12.0 Å². The number of Topliss-reactive ketones (excluding diaryl/α,β-unsaturated/α-hetero) is 2. The van der Waals surface area contributed by atoms with Crippen LogP contribution in [0.15, 0.2) is 42.0 Å². The van der Waals surface area contributed by atoms with Gasteiger partial charge < -0.3 is 0 Å². The van der Waals surface area contributed by atoms with Gasteiger partial charge in [0.15, 0.2) is 11.6 Å². The predicted octanol–water partition coefficient (Wildman–Crippen LogP) is 4.11. The number of nitrogens with zero attached hydrogens (tertiary/aromatic N) is 1. The molecule has 25 heavy (non-hydrogen) atoms. The molecule has 0 amide bonds. The average molecular weight is 333 g/mol. The van der Waals surface area contributed by atoms with Crippen molar-refractivity contribution in [2.45, 2.75) is 46.5 Å². The number of pyridine rings is 1. The van der Waals surface area contributed by atoms with Crippen LogP contribution in [0.2, 0.25) is 0 Å². The van der Waals surface area contributed by atoms with Crippen LogP contribution in [0.3, 0.4) is 0 Å². The third-order valence-corrected chi connectivity index (χ3v) is 4.80. The summed E-state index contributed by atoms with van der Waals surface area (Å²) in [6.07, 6.45) is 2.68. The monoisotopic (exact) mass is 333 g/mol. The second-order valence-electron chi connectivity index (χ2n) is 6.96. The zero-order chi connectivity index (χ0) is 18.1. The lowest BCUT2D eigenvalue weighted by atomic mass is 9.87. The summed E-state index contributed by atoms with van der Waals surface area (Å²) < 4.78 is 0. The second kappa shape index (κ2) is 6.75. The Morgan fingerprint density at radius 1 is 1.08 bits per heavy atom. The smallest absolute Gasteiger partial charge is 0.173 e. The summed E-state index contributed by atoms with van der Waals surface area (Å²) in [6.45, 7) is 7.94. The van der Waals surface area contributed by atoms with Crippen molar-refractivity contribution in [3.63, 3.8) is 0 Å². The van der Waals surface area contributed by atoms with Crippen molar-refractivity contribution in [1.82, 2.24) is 4.98 Å². The molecule has 2 aromatic rings. The van der Waals surface area contributed by atoms with E-state index in [1.54, 1.807) is 0 Å². The summed E-state index contributed by atoms with van der Waals surface area (Å²) in [7, 11) is 0. The number of hydrogen-bond donors (Lipinski definition) is 0. The minimum Gasteiger partial charge on any atom is -0.298 e. The molecular formula is C22H23NO2. The normalized spacial score (nSPS) is 19.0. The van der Waals surface area contributed by atoms with E-state index in [9.17, 15) is 9.59 Å². The molecule has 0 N–H and O–H groups in total. The minimum absolute atomic E-state index is 0.00324. The molecule has 0 saturated heterocycles. The first-order valence-electron chi connectivity index (χ1n) is 8.63. The molecule has 1 heterocycles. The summed E-state index contributed by atoms with van der Waals surface area (Å²) in [6, 6.07) is 9.93. The van der Waals surface area contributed by atoms with Crippen LogP contribution in [0.4, 0.5) is 0 Å². The molecule has 1 aliphatic carbocycles. The van der Waals surface area contributed by atoms with Crippen LogP contribution in [-0.2, 0) is 16.0 Å². The maximum atomic E-state index is 12.9. The summed E-state index contributed by atoms with van der Waals surface area (Å²) in [5, 5.41) is 0. The molecular weight excluding hydrogens is 310 g/mol. The fourth-order valence-electron chi connectivity index (χ4n) is 3.76. The fourth-order valence-corrected chi connectivity index (χ4v) is 3.76. The zero-order valence-corrected chi connectivity index (χ0v) is 15.2. The van der Waals surface area contributed by atoms with Gasteiger partial charge in [-0.1, -0.05) is 29.8 Å². The van der Waals surface area contributed by atoms with Gasteiger partial charge in [-0.2, -0.15) is 0 Å². The molecule has 3 heteroatoms. The Morgan fingerprint density at radius 2 is 1.76 bits per heavy atom. The maximum Gasteiger partial charge on any atom is 0.173 e. The van der Waals surface area contributed by atoms with E-state index in [1.807, 2.05) is 64.1 Å². The molecule has 0 bridgehead atoms. The minimum atomic E-state index is -0.641. The first kappa shape index (κ1) is 17.3. The van der Waals surface area contributed by atoms with Gasteiger partial charge in [-0.25, -0.2) is 0 Å². The van der Waals surface area contributed by atoms with E-state index in [1.165, 1.54) is 0 Å². The number of hydrogen-bond acceptors (Lipinski definition) is 3. The Morgan fingerprint density at radius 3 is 2.40 bits per heavy atom. The molecule has 0 spiro atoms.